The summed E-state index contributed by atoms with van der Waals surface area (Å²) in [6, 6.07) is 6.37. The van der Waals surface area contributed by atoms with Crippen LogP contribution in [0.25, 0.3) is 0 Å². The second-order valence-electron chi connectivity index (χ2n) is 4.41. The van der Waals surface area contributed by atoms with Crippen LogP contribution in [0.2, 0.25) is 0 Å². The van der Waals surface area contributed by atoms with E-state index < -0.39 is 10.9 Å². The predicted octanol–water partition coefficient (Wildman–Crippen LogP) is 1.38. The van der Waals surface area contributed by atoms with E-state index >= 15 is 0 Å². The second kappa shape index (κ2) is 4.94. The summed E-state index contributed by atoms with van der Waals surface area (Å²) < 4.78 is 0. The van der Waals surface area contributed by atoms with E-state index in [1.165, 1.54) is 6.07 Å². The van der Waals surface area contributed by atoms with Crippen LogP contribution in [0.4, 0.5) is 11.4 Å². The zero-order chi connectivity index (χ0) is 14.0. The number of nitrogens with zero attached hydrogens (tertiary/aromatic N) is 3. The van der Waals surface area contributed by atoms with Crippen LogP contribution < -0.4 is 4.90 Å². The molecular weight excluding hydrogens is 250 g/mol. The SMILES string of the molecule is N#Cc1cccc(N2CC(CC(=O)O)C2)c1[N+](=O)[O-]. The van der Waals surface area contributed by atoms with E-state index in [1.54, 1.807) is 23.1 Å². The van der Waals surface area contributed by atoms with Gasteiger partial charge in [0.05, 0.1) is 11.3 Å². The van der Waals surface area contributed by atoms with E-state index in [4.69, 9.17) is 10.4 Å². The Morgan fingerprint density at radius 1 is 1.58 bits per heavy atom. The Morgan fingerprint density at radius 2 is 2.26 bits per heavy atom. The van der Waals surface area contributed by atoms with Gasteiger partial charge in [-0.1, -0.05) is 6.07 Å². The Labute approximate surface area is 108 Å². The van der Waals surface area contributed by atoms with Crippen molar-refractivity contribution in [1.29, 1.82) is 5.26 Å². The van der Waals surface area contributed by atoms with Crippen molar-refractivity contribution in [3.8, 4) is 6.07 Å². The van der Waals surface area contributed by atoms with Crippen molar-refractivity contribution < 1.29 is 14.8 Å². The standard InChI is InChI=1S/C12H11N3O4/c13-5-9-2-1-3-10(12(9)15(18)19)14-6-8(7-14)4-11(16)17/h1-3,8H,4,6-7H2,(H,16,17). The monoisotopic (exact) mass is 261 g/mol. The van der Waals surface area contributed by atoms with Crippen molar-refractivity contribution in [3.05, 3.63) is 33.9 Å². The molecule has 0 unspecified atom stereocenters. The molecule has 0 saturated carbocycles. The number of carbonyl (C=O) groups is 1. The van der Waals surface area contributed by atoms with Gasteiger partial charge in [-0.15, -0.1) is 0 Å². The minimum absolute atomic E-state index is 0.00264. The highest BCUT2D eigenvalue weighted by atomic mass is 16.6. The van der Waals surface area contributed by atoms with Crippen molar-refractivity contribution in [1.82, 2.24) is 0 Å². The average Bonchev–Trinajstić information content (AvgIpc) is 2.31. The number of rotatable bonds is 4. The number of aliphatic carboxylic acids is 1. The molecule has 1 fully saturated rings. The predicted molar refractivity (Wildman–Crippen MR) is 65.8 cm³/mol. The maximum atomic E-state index is 11.0. The van der Waals surface area contributed by atoms with E-state index in [2.05, 4.69) is 0 Å². The molecule has 1 heterocycles. The third-order valence-corrected chi connectivity index (χ3v) is 3.08. The van der Waals surface area contributed by atoms with E-state index in [0.717, 1.165) is 0 Å². The third kappa shape index (κ3) is 2.47. The fourth-order valence-corrected chi connectivity index (χ4v) is 2.21. The average molecular weight is 261 g/mol. The van der Waals surface area contributed by atoms with Gasteiger partial charge in [0.25, 0.3) is 0 Å². The molecule has 98 valence electrons. The van der Waals surface area contributed by atoms with Gasteiger partial charge in [-0.3, -0.25) is 14.9 Å². The van der Waals surface area contributed by atoms with E-state index in [9.17, 15) is 14.9 Å². The molecule has 1 aliphatic rings. The van der Waals surface area contributed by atoms with Crippen LogP contribution >= 0.6 is 0 Å². The fourth-order valence-electron chi connectivity index (χ4n) is 2.21. The highest BCUT2D eigenvalue weighted by Crippen LogP contribution is 2.36. The molecule has 0 radical (unpaired) electrons. The minimum Gasteiger partial charge on any atom is -0.481 e. The lowest BCUT2D eigenvalue weighted by atomic mass is 9.95. The minimum atomic E-state index is -0.870. The lowest BCUT2D eigenvalue weighted by molar-refractivity contribution is -0.384. The van der Waals surface area contributed by atoms with Gasteiger partial charge in [0.1, 0.15) is 17.3 Å². The number of hydrogen-bond acceptors (Lipinski definition) is 5. The largest absolute Gasteiger partial charge is 0.481 e. The Kier molecular flexibility index (Phi) is 3.33. The maximum Gasteiger partial charge on any atom is 0.310 e. The molecule has 1 aromatic carbocycles. The molecule has 0 spiro atoms. The summed E-state index contributed by atoms with van der Waals surface area (Å²) in [5, 5.41) is 28.6. The maximum absolute atomic E-state index is 11.0. The lowest BCUT2D eigenvalue weighted by Gasteiger charge is -2.40. The second-order valence-corrected chi connectivity index (χ2v) is 4.41. The molecule has 19 heavy (non-hydrogen) atoms. The summed E-state index contributed by atoms with van der Waals surface area (Å²) in [6.45, 7) is 0.921. The number of benzene rings is 1. The first-order valence-corrected chi connectivity index (χ1v) is 5.67. The van der Waals surface area contributed by atoms with Crippen LogP contribution in [0.5, 0.6) is 0 Å². The van der Waals surface area contributed by atoms with Crippen molar-refractivity contribution in [3.63, 3.8) is 0 Å². The first kappa shape index (κ1) is 12.8. The summed E-state index contributed by atoms with van der Waals surface area (Å²) in [5.41, 5.74) is 0.189. The van der Waals surface area contributed by atoms with Gasteiger partial charge < -0.3 is 10.0 Å². The molecule has 0 amide bonds. The molecule has 0 atom stereocenters. The molecular formula is C12H11N3O4. The first-order chi connectivity index (χ1) is 9.02. The van der Waals surface area contributed by atoms with Crippen LogP contribution in [0.1, 0.15) is 12.0 Å². The number of nitriles is 1. The molecule has 2 rings (SSSR count). The number of nitro benzene ring substituents is 1. The van der Waals surface area contributed by atoms with E-state index in [-0.39, 0.29) is 23.6 Å². The van der Waals surface area contributed by atoms with Gasteiger partial charge in [0.15, 0.2) is 0 Å². The highest BCUT2D eigenvalue weighted by molar-refractivity contribution is 5.72. The number of nitro groups is 1. The molecule has 7 heteroatoms. The third-order valence-electron chi connectivity index (χ3n) is 3.08. The van der Waals surface area contributed by atoms with E-state index in [0.29, 0.717) is 18.8 Å². The first-order valence-electron chi connectivity index (χ1n) is 5.67. The number of para-hydroxylation sites is 1. The summed E-state index contributed by atoms with van der Waals surface area (Å²) in [4.78, 5) is 22.7. The summed E-state index contributed by atoms with van der Waals surface area (Å²) >= 11 is 0. The van der Waals surface area contributed by atoms with Gasteiger partial charge in [-0.05, 0) is 12.1 Å². The lowest BCUT2D eigenvalue weighted by Crippen LogP contribution is -2.47. The summed E-state index contributed by atoms with van der Waals surface area (Å²) in [6.07, 6.45) is 0.0578. The molecule has 0 aromatic heterocycles. The van der Waals surface area contributed by atoms with Crippen LogP contribution in [0, 0.1) is 27.4 Å². The van der Waals surface area contributed by atoms with Gasteiger partial charge >= 0.3 is 11.7 Å². The van der Waals surface area contributed by atoms with Crippen molar-refractivity contribution in [2.24, 2.45) is 5.92 Å². The zero-order valence-electron chi connectivity index (χ0n) is 9.94. The molecule has 0 aliphatic carbocycles. The van der Waals surface area contributed by atoms with Crippen molar-refractivity contribution >= 4 is 17.3 Å². The number of anilines is 1. The topological polar surface area (TPSA) is 107 Å². The highest BCUT2D eigenvalue weighted by Gasteiger charge is 2.33. The molecule has 1 aromatic rings. The molecule has 7 nitrogen and oxygen atoms in total. The van der Waals surface area contributed by atoms with Gasteiger partial charge in [0.2, 0.25) is 0 Å². The molecule has 1 N–H and O–H groups in total. The number of carboxylic acid groups (broad SMARTS) is 1. The van der Waals surface area contributed by atoms with Crippen LogP contribution in [0.15, 0.2) is 18.2 Å². The van der Waals surface area contributed by atoms with Crippen molar-refractivity contribution in [2.75, 3.05) is 18.0 Å². The molecule has 0 bridgehead atoms. The Morgan fingerprint density at radius 3 is 2.79 bits per heavy atom. The van der Waals surface area contributed by atoms with Crippen LogP contribution in [-0.2, 0) is 4.79 Å². The molecule has 1 aliphatic heterocycles. The molecule has 1 saturated heterocycles. The fraction of sp³-hybridized carbons (Fsp3) is 0.333. The zero-order valence-corrected chi connectivity index (χ0v) is 9.94. The van der Waals surface area contributed by atoms with Crippen LogP contribution in [-0.4, -0.2) is 29.1 Å². The quantitative estimate of drug-likeness (QED) is 0.648. The Hall–Kier alpha value is -2.62. The Bertz CT molecular complexity index is 573. The van der Waals surface area contributed by atoms with Gasteiger partial charge in [0, 0.05) is 19.0 Å². The van der Waals surface area contributed by atoms with Gasteiger partial charge in [-0.25, -0.2) is 0 Å². The number of hydrogen-bond donors (Lipinski definition) is 1. The summed E-state index contributed by atoms with van der Waals surface area (Å²) in [5.74, 6) is -0.868. The van der Waals surface area contributed by atoms with Crippen molar-refractivity contribution in [2.45, 2.75) is 6.42 Å². The smallest absolute Gasteiger partial charge is 0.310 e. The van der Waals surface area contributed by atoms with E-state index in [1.807, 2.05) is 0 Å². The normalized spacial score (nSPS) is 14.6. The summed E-state index contributed by atoms with van der Waals surface area (Å²) in [7, 11) is 0. The van der Waals surface area contributed by atoms with Gasteiger partial charge in [-0.2, -0.15) is 5.26 Å². The number of carboxylic acids is 1. The Balaban J connectivity index is 2.21. The van der Waals surface area contributed by atoms with Crippen LogP contribution in [0.3, 0.4) is 0 Å².